The van der Waals surface area contributed by atoms with Crippen molar-refractivity contribution in [3.8, 4) is 5.75 Å². The Bertz CT molecular complexity index is 328. The van der Waals surface area contributed by atoms with Gasteiger partial charge in [-0.3, -0.25) is 0 Å². The summed E-state index contributed by atoms with van der Waals surface area (Å²) in [7, 11) is 1.55. The Kier molecular flexibility index (Phi) is 5.81. The fourth-order valence-electron chi connectivity index (χ4n) is 1.63. The number of ether oxygens (including phenoxy) is 1. The number of halogens is 2. The van der Waals surface area contributed by atoms with E-state index in [2.05, 4.69) is 22.9 Å². The molecule has 1 atom stereocenters. The van der Waals surface area contributed by atoms with Gasteiger partial charge in [0, 0.05) is 10.9 Å². The highest BCUT2D eigenvalue weighted by molar-refractivity contribution is 9.09. The van der Waals surface area contributed by atoms with Crippen LogP contribution < -0.4 is 4.74 Å². The summed E-state index contributed by atoms with van der Waals surface area (Å²) in [6.07, 6.45) is 4.03. The van der Waals surface area contributed by atoms with Crippen molar-refractivity contribution in [2.45, 2.75) is 37.4 Å². The molecule has 1 aromatic carbocycles. The predicted octanol–water partition coefficient (Wildman–Crippen LogP) is 4.33. The Labute approximate surface area is 105 Å². The van der Waals surface area contributed by atoms with E-state index in [4.69, 9.17) is 4.74 Å². The molecular formula is C13H18BrFO. The lowest BCUT2D eigenvalue weighted by molar-refractivity contribution is 0.410. The van der Waals surface area contributed by atoms with Gasteiger partial charge in [-0.15, -0.1) is 0 Å². The number of aryl methyl sites for hydroxylation is 1. The highest BCUT2D eigenvalue weighted by Crippen LogP contribution is 2.20. The Morgan fingerprint density at radius 2 is 2.12 bits per heavy atom. The molecular weight excluding hydrogens is 271 g/mol. The molecule has 0 heterocycles. The fourth-order valence-corrected chi connectivity index (χ4v) is 2.31. The van der Waals surface area contributed by atoms with Gasteiger partial charge in [0.15, 0.2) is 0 Å². The zero-order valence-corrected chi connectivity index (χ0v) is 11.4. The van der Waals surface area contributed by atoms with Gasteiger partial charge in [0.25, 0.3) is 0 Å². The monoisotopic (exact) mass is 288 g/mol. The second kappa shape index (κ2) is 6.89. The van der Waals surface area contributed by atoms with Gasteiger partial charge >= 0.3 is 0 Å². The molecule has 1 nitrogen and oxygen atoms in total. The molecule has 0 N–H and O–H groups in total. The molecule has 3 heteroatoms. The van der Waals surface area contributed by atoms with E-state index in [-0.39, 0.29) is 5.82 Å². The summed E-state index contributed by atoms with van der Waals surface area (Å²) < 4.78 is 18.5. The number of benzene rings is 1. The topological polar surface area (TPSA) is 9.23 Å². The standard InChI is InChI=1S/C13H18BrFO/c1-3-4-11(14)7-5-10-6-8-12(16-2)9-13(10)15/h6,8-9,11H,3-5,7H2,1-2H3. The first-order valence-corrected chi connectivity index (χ1v) is 6.55. The number of rotatable bonds is 6. The van der Waals surface area contributed by atoms with Crippen molar-refractivity contribution in [3.05, 3.63) is 29.6 Å². The van der Waals surface area contributed by atoms with Gasteiger partial charge in [0.1, 0.15) is 11.6 Å². The molecule has 0 saturated heterocycles. The van der Waals surface area contributed by atoms with Crippen LogP contribution in [0.25, 0.3) is 0 Å². The second-order valence-corrected chi connectivity index (χ2v) is 5.18. The van der Waals surface area contributed by atoms with Crippen molar-refractivity contribution < 1.29 is 9.13 Å². The summed E-state index contributed by atoms with van der Waals surface area (Å²) in [6.45, 7) is 2.15. The Morgan fingerprint density at radius 1 is 1.38 bits per heavy atom. The summed E-state index contributed by atoms with van der Waals surface area (Å²) in [6, 6.07) is 5.06. The summed E-state index contributed by atoms with van der Waals surface area (Å²) in [5, 5.41) is 0. The zero-order valence-electron chi connectivity index (χ0n) is 9.80. The minimum Gasteiger partial charge on any atom is -0.497 e. The molecule has 0 aromatic heterocycles. The third-order valence-electron chi connectivity index (χ3n) is 2.59. The minimum absolute atomic E-state index is 0.171. The zero-order chi connectivity index (χ0) is 12.0. The SMILES string of the molecule is CCCC(Br)CCc1ccc(OC)cc1F. The summed E-state index contributed by atoms with van der Waals surface area (Å²) in [4.78, 5) is 0.485. The second-order valence-electron chi connectivity index (χ2n) is 3.88. The summed E-state index contributed by atoms with van der Waals surface area (Å²) >= 11 is 3.60. The molecule has 0 saturated carbocycles. The number of alkyl halides is 1. The smallest absolute Gasteiger partial charge is 0.130 e. The van der Waals surface area contributed by atoms with Crippen LogP contribution in [0, 0.1) is 5.82 Å². The van der Waals surface area contributed by atoms with E-state index >= 15 is 0 Å². The normalized spacial score (nSPS) is 12.5. The molecule has 0 aliphatic heterocycles. The van der Waals surface area contributed by atoms with Crippen molar-refractivity contribution in [3.63, 3.8) is 0 Å². The first kappa shape index (κ1) is 13.5. The van der Waals surface area contributed by atoms with Crippen molar-refractivity contribution in [1.29, 1.82) is 0 Å². The Balaban J connectivity index is 2.54. The molecule has 0 spiro atoms. The van der Waals surface area contributed by atoms with Crippen LogP contribution in [-0.2, 0) is 6.42 Å². The maximum absolute atomic E-state index is 13.6. The lowest BCUT2D eigenvalue weighted by Gasteiger charge is -2.09. The molecule has 16 heavy (non-hydrogen) atoms. The molecule has 0 aliphatic carbocycles. The van der Waals surface area contributed by atoms with Gasteiger partial charge in [-0.1, -0.05) is 35.3 Å². The molecule has 0 amide bonds. The quantitative estimate of drug-likeness (QED) is 0.708. The highest BCUT2D eigenvalue weighted by Gasteiger charge is 2.07. The summed E-state index contributed by atoms with van der Waals surface area (Å²) in [5.74, 6) is 0.403. The number of methoxy groups -OCH3 is 1. The van der Waals surface area contributed by atoms with E-state index in [0.717, 1.165) is 31.2 Å². The van der Waals surface area contributed by atoms with E-state index in [0.29, 0.717) is 10.6 Å². The van der Waals surface area contributed by atoms with Gasteiger partial charge in [0.05, 0.1) is 7.11 Å². The van der Waals surface area contributed by atoms with Crippen LogP contribution >= 0.6 is 15.9 Å². The van der Waals surface area contributed by atoms with Crippen LogP contribution in [0.1, 0.15) is 31.7 Å². The fraction of sp³-hybridized carbons (Fsp3) is 0.538. The average molecular weight is 289 g/mol. The van der Waals surface area contributed by atoms with E-state index < -0.39 is 0 Å². The molecule has 0 bridgehead atoms. The maximum atomic E-state index is 13.6. The Morgan fingerprint density at radius 3 is 2.69 bits per heavy atom. The number of hydrogen-bond donors (Lipinski definition) is 0. The first-order chi connectivity index (χ1) is 7.67. The molecule has 90 valence electrons. The maximum Gasteiger partial charge on any atom is 0.130 e. The Hall–Kier alpha value is -0.570. The van der Waals surface area contributed by atoms with Crippen molar-refractivity contribution in [1.82, 2.24) is 0 Å². The third kappa shape index (κ3) is 4.12. The number of hydrogen-bond acceptors (Lipinski definition) is 1. The van der Waals surface area contributed by atoms with Gasteiger partial charge in [-0.05, 0) is 30.9 Å². The lowest BCUT2D eigenvalue weighted by Crippen LogP contribution is -2.01. The third-order valence-corrected chi connectivity index (χ3v) is 3.50. The highest BCUT2D eigenvalue weighted by atomic mass is 79.9. The molecule has 0 aliphatic rings. The van der Waals surface area contributed by atoms with Crippen molar-refractivity contribution in [2.24, 2.45) is 0 Å². The lowest BCUT2D eigenvalue weighted by atomic mass is 10.1. The van der Waals surface area contributed by atoms with Crippen LogP contribution in [0.4, 0.5) is 4.39 Å². The van der Waals surface area contributed by atoms with E-state index in [1.54, 1.807) is 13.2 Å². The van der Waals surface area contributed by atoms with Gasteiger partial charge in [-0.25, -0.2) is 4.39 Å². The van der Waals surface area contributed by atoms with Gasteiger partial charge in [0.2, 0.25) is 0 Å². The van der Waals surface area contributed by atoms with Crippen LogP contribution in [0.15, 0.2) is 18.2 Å². The molecule has 1 unspecified atom stereocenters. The van der Waals surface area contributed by atoms with Crippen LogP contribution in [-0.4, -0.2) is 11.9 Å². The first-order valence-electron chi connectivity index (χ1n) is 5.63. The van der Waals surface area contributed by atoms with Crippen molar-refractivity contribution >= 4 is 15.9 Å². The van der Waals surface area contributed by atoms with E-state index in [1.165, 1.54) is 6.07 Å². The van der Waals surface area contributed by atoms with Crippen LogP contribution in [0.3, 0.4) is 0 Å². The molecule has 1 rings (SSSR count). The van der Waals surface area contributed by atoms with Gasteiger partial charge < -0.3 is 4.74 Å². The molecule has 0 radical (unpaired) electrons. The minimum atomic E-state index is -0.171. The molecule has 1 aromatic rings. The van der Waals surface area contributed by atoms with E-state index in [1.807, 2.05) is 6.07 Å². The predicted molar refractivity (Wildman–Crippen MR) is 68.9 cm³/mol. The van der Waals surface area contributed by atoms with Crippen molar-refractivity contribution in [2.75, 3.05) is 7.11 Å². The van der Waals surface area contributed by atoms with Gasteiger partial charge in [-0.2, -0.15) is 0 Å². The van der Waals surface area contributed by atoms with Crippen LogP contribution in [0.2, 0.25) is 0 Å². The average Bonchev–Trinajstić information content (AvgIpc) is 2.27. The van der Waals surface area contributed by atoms with E-state index in [9.17, 15) is 4.39 Å². The largest absolute Gasteiger partial charge is 0.497 e. The molecule has 0 fully saturated rings. The summed E-state index contributed by atoms with van der Waals surface area (Å²) in [5.41, 5.74) is 0.765. The van der Waals surface area contributed by atoms with Crippen LogP contribution in [0.5, 0.6) is 5.75 Å².